The van der Waals surface area contributed by atoms with Crippen LogP contribution in [0.25, 0.3) is 10.2 Å². The zero-order valence-electron chi connectivity index (χ0n) is 18.9. The van der Waals surface area contributed by atoms with Crippen molar-refractivity contribution in [1.82, 2.24) is 14.9 Å². The van der Waals surface area contributed by atoms with Gasteiger partial charge < -0.3 is 9.80 Å². The molecule has 1 fully saturated rings. The Bertz CT molecular complexity index is 1170. The summed E-state index contributed by atoms with van der Waals surface area (Å²) in [7, 11) is 0. The minimum atomic E-state index is 0.0461. The molecule has 168 valence electrons. The van der Waals surface area contributed by atoms with E-state index in [4.69, 9.17) is 21.6 Å². The number of benzene rings is 1. The zero-order chi connectivity index (χ0) is 22.4. The number of anilines is 1. The highest BCUT2D eigenvalue weighted by Gasteiger charge is 2.29. The lowest BCUT2D eigenvalue weighted by atomic mass is 9.89. The van der Waals surface area contributed by atoms with Gasteiger partial charge in [-0.15, -0.1) is 11.3 Å². The number of carbonyl (C=O) groups is 1. The fourth-order valence-corrected chi connectivity index (χ4v) is 6.33. The summed E-state index contributed by atoms with van der Waals surface area (Å²) < 4.78 is 0. The molecule has 1 saturated heterocycles. The van der Waals surface area contributed by atoms with Crippen LogP contribution in [-0.4, -0.2) is 47.0 Å². The minimum Gasteiger partial charge on any atom is -0.352 e. The molecule has 7 heteroatoms. The molecule has 0 bridgehead atoms. The molecule has 1 atom stereocenters. The van der Waals surface area contributed by atoms with Crippen LogP contribution in [0.4, 0.5) is 5.82 Å². The molecule has 5 nitrogen and oxygen atoms in total. The maximum atomic E-state index is 13.0. The van der Waals surface area contributed by atoms with Gasteiger partial charge in [0.05, 0.1) is 5.39 Å². The van der Waals surface area contributed by atoms with Crippen molar-refractivity contribution in [2.45, 2.75) is 46.0 Å². The van der Waals surface area contributed by atoms with Gasteiger partial charge in [0.25, 0.3) is 5.91 Å². The fourth-order valence-electron chi connectivity index (χ4n) is 4.75. The number of fused-ring (bicyclic) bond motifs is 3. The van der Waals surface area contributed by atoms with Gasteiger partial charge in [0.1, 0.15) is 16.5 Å². The van der Waals surface area contributed by atoms with Crippen LogP contribution in [0.3, 0.4) is 0 Å². The molecule has 32 heavy (non-hydrogen) atoms. The number of thiophene rings is 1. The number of aryl methyl sites for hydroxylation is 1. The van der Waals surface area contributed by atoms with E-state index >= 15 is 0 Å². The Morgan fingerprint density at radius 3 is 2.69 bits per heavy atom. The molecule has 1 aromatic carbocycles. The first-order valence-corrected chi connectivity index (χ1v) is 12.7. The number of carbonyl (C=O) groups excluding carboxylic acids is 1. The Morgan fingerprint density at radius 1 is 1.19 bits per heavy atom. The maximum absolute atomic E-state index is 13.0. The van der Waals surface area contributed by atoms with Crippen LogP contribution >= 0.6 is 22.9 Å². The number of piperazine rings is 1. The molecule has 2 aromatic heterocycles. The standard InChI is InChI=1S/C25H29ClN4OS/c1-15(2)22-27-23(21-19-8-7-16(3)13-20(19)32-24(21)28-22)29-9-11-30(12-10-29)25(31)17-5-4-6-18(26)14-17/h4-6,14-16H,7-13H2,1-3H3/t16-/m1/s1. The predicted molar refractivity (Wildman–Crippen MR) is 132 cm³/mol. The van der Waals surface area contributed by atoms with Crippen molar-refractivity contribution in [1.29, 1.82) is 0 Å². The lowest BCUT2D eigenvalue weighted by Gasteiger charge is -2.36. The van der Waals surface area contributed by atoms with E-state index in [0.29, 0.717) is 23.7 Å². The molecular formula is C25H29ClN4OS. The molecule has 3 heterocycles. The quantitative estimate of drug-likeness (QED) is 0.505. The number of hydrogen-bond donors (Lipinski definition) is 0. The van der Waals surface area contributed by atoms with Crippen LogP contribution in [0.1, 0.15) is 59.7 Å². The molecule has 0 saturated carbocycles. The average Bonchev–Trinajstić information content (AvgIpc) is 3.15. The first-order chi connectivity index (χ1) is 15.4. The third-order valence-corrected chi connectivity index (χ3v) is 7.99. The summed E-state index contributed by atoms with van der Waals surface area (Å²) in [6.07, 6.45) is 3.49. The molecule has 0 unspecified atom stereocenters. The van der Waals surface area contributed by atoms with Crippen molar-refractivity contribution in [2.75, 3.05) is 31.1 Å². The molecule has 1 aliphatic carbocycles. The van der Waals surface area contributed by atoms with E-state index in [-0.39, 0.29) is 11.8 Å². The van der Waals surface area contributed by atoms with Crippen LogP contribution in [0.5, 0.6) is 0 Å². The van der Waals surface area contributed by atoms with E-state index in [1.807, 2.05) is 28.4 Å². The van der Waals surface area contributed by atoms with E-state index < -0.39 is 0 Å². The SMILES string of the molecule is CC(C)c1nc(N2CCN(C(=O)c3cccc(Cl)c3)CC2)c2c3c(sc2n1)C[C@H](C)CC3. The smallest absolute Gasteiger partial charge is 0.254 e. The molecule has 1 amide bonds. The summed E-state index contributed by atoms with van der Waals surface area (Å²) in [5, 5.41) is 1.85. The van der Waals surface area contributed by atoms with Crippen molar-refractivity contribution in [3.05, 3.63) is 51.1 Å². The minimum absolute atomic E-state index is 0.0461. The van der Waals surface area contributed by atoms with E-state index in [2.05, 4.69) is 25.7 Å². The summed E-state index contributed by atoms with van der Waals surface area (Å²) in [6, 6.07) is 7.21. The van der Waals surface area contributed by atoms with Crippen molar-refractivity contribution in [2.24, 2.45) is 5.92 Å². The van der Waals surface area contributed by atoms with Gasteiger partial charge in [-0.25, -0.2) is 9.97 Å². The fraction of sp³-hybridized carbons (Fsp3) is 0.480. The second kappa shape index (κ2) is 8.64. The van der Waals surface area contributed by atoms with E-state index in [1.165, 1.54) is 22.2 Å². The van der Waals surface area contributed by atoms with Gasteiger partial charge in [-0.1, -0.05) is 38.4 Å². The summed E-state index contributed by atoms with van der Waals surface area (Å²) in [5.41, 5.74) is 2.12. The normalized spacial score (nSPS) is 19.0. The van der Waals surface area contributed by atoms with Crippen molar-refractivity contribution in [3.63, 3.8) is 0 Å². The first kappa shape index (κ1) is 21.7. The van der Waals surface area contributed by atoms with Gasteiger partial charge >= 0.3 is 0 Å². The molecule has 0 spiro atoms. The van der Waals surface area contributed by atoms with E-state index in [9.17, 15) is 4.79 Å². The van der Waals surface area contributed by atoms with Gasteiger partial charge in [-0.2, -0.15) is 0 Å². The Balaban J connectivity index is 1.44. The van der Waals surface area contributed by atoms with Gasteiger partial charge in [-0.05, 0) is 48.9 Å². The Kier molecular flexibility index (Phi) is 5.84. The van der Waals surface area contributed by atoms with Crippen molar-refractivity contribution < 1.29 is 4.79 Å². The number of halogens is 1. The topological polar surface area (TPSA) is 49.3 Å². The van der Waals surface area contributed by atoms with Crippen LogP contribution in [0.15, 0.2) is 24.3 Å². The summed E-state index contributed by atoms with van der Waals surface area (Å²) >= 11 is 7.95. The average molecular weight is 469 g/mol. The third kappa shape index (κ3) is 3.99. The van der Waals surface area contributed by atoms with Gasteiger partial charge in [0.2, 0.25) is 0 Å². The molecule has 1 aliphatic heterocycles. The number of rotatable bonds is 3. The number of aromatic nitrogens is 2. The molecule has 3 aromatic rings. The largest absolute Gasteiger partial charge is 0.352 e. The number of amides is 1. The second-order valence-electron chi connectivity index (χ2n) is 9.38. The number of hydrogen-bond acceptors (Lipinski definition) is 5. The maximum Gasteiger partial charge on any atom is 0.254 e. The van der Waals surface area contributed by atoms with Gasteiger partial charge in [0, 0.05) is 47.6 Å². The molecule has 0 N–H and O–H groups in total. The molecular weight excluding hydrogens is 440 g/mol. The van der Waals surface area contributed by atoms with E-state index in [0.717, 1.165) is 48.3 Å². The van der Waals surface area contributed by atoms with Gasteiger partial charge in [0.15, 0.2) is 0 Å². The highest BCUT2D eigenvalue weighted by atomic mass is 35.5. The highest BCUT2D eigenvalue weighted by molar-refractivity contribution is 7.19. The third-order valence-electron chi connectivity index (χ3n) is 6.61. The second-order valence-corrected chi connectivity index (χ2v) is 10.9. The predicted octanol–water partition coefficient (Wildman–Crippen LogP) is 5.56. The lowest BCUT2D eigenvalue weighted by molar-refractivity contribution is 0.0746. The molecule has 2 aliphatic rings. The summed E-state index contributed by atoms with van der Waals surface area (Å²) in [5.74, 6) is 3.04. The number of nitrogens with zero attached hydrogens (tertiary/aromatic N) is 4. The summed E-state index contributed by atoms with van der Waals surface area (Å²) in [6.45, 7) is 9.56. The zero-order valence-corrected chi connectivity index (χ0v) is 20.5. The van der Waals surface area contributed by atoms with Crippen LogP contribution < -0.4 is 4.90 Å². The van der Waals surface area contributed by atoms with E-state index in [1.54, 1.807) is 12.1 Å². The van der Waals surface area contributed by atoms with Gasteiger partial charge in [-0.3, -0.25) is 4.79 Å². The molecule has 5 rings (SSSR count). The van der Waals surface area contributed by atoms with Crippen LogP contribution in [0.2, 0.25) is 5.02 Å². The summed E-state index contributed by atoms with van der Waals surface area (Å²) in [4.78, 5) is 29.9. The Hall–Kier alpha value is -2.18. The Morgan fingerprint density at radius 2 is 1.97 bits per heavy atom. The van der Waals surface area contributed by atoms with Crippen molar-refractivity contribution in [3.8, 4) is 0 Å². The Labute approximate surface area is 198 Å². The monoisotopic (exact) mass is 468 g/mol. The first-order valence-electron chi connectivity index (χ1n) is 11.5. The molecule has 0 radical (unpaired) electrons. The van der Waals surface area contributed by atoms with Crippen LogP contribution in [0, 0.1) is 5.92 Å². The highest BCUT2D eigenvalue weighted by Crippen LogP contribution is 2.41. The van der Waals surface area contributed by atoms with Crippen molar-refractivity contribution >= 4 is 44.9 Å². The van der Waals surface area contributed by atoms with Crippen LogP contribution in [-0.2, 0) is 12.8 Å². The lowest BCUT2D eigenvalue weighted by Crippen LogP contribution is -2.49.